The largest absolute Gasteiger partial charge is 0.374 e. The van der Waals surface area contributed by atoms with Crippen molar-refractivity contribution in [1.29, 1.82) is 0 Å². The SMILES string of the molecule is Nc1nc2ccc(F)c(F)c2n1CCOCC(F)F. The Hall–Kier alpha value is -1.83. The first kappa shape index (κ1) is 13.6. The van der Waals surface area contributed by atoms with Crippen molar-refractivity contribution in [2.45, 2.75) is 13.0 Å². The fourth-order valence-corrected chi connectivity index (χ4v) is 1.73. The number of hydrogen-bond acceptors (Lipinski definition) is 3. The number of alkyl halides is 2. The van der Waals surface area contributed by atoms with Crippen LogP contribution in [-0.4, -0.2) is 29.2 Å². The molecule has 0 atom stereocenters. The van der Waals surface area contributed by atoms with Crippen LogP contribution >= 0.6 is 0 Å². The number of benzene rings is 1. The van der Waals surface area contributed by atoms with E-state index in [0.717, 1.165) is 6.07 Å². The number of ether oxygens (including phenoxy) is 1. The van der Waals surface area contributed by atoms with E-state index >= 15 is 0 Å². The number of fused-ring (bicyclic) bond motifs is 1. The van der Waals surface area contributed by atoms with Gasteiger partial charge in [0.05, 0.1) is 12.1 Å². The van der Waals surface area contributed by atoms with Gasteiger partial charge in [0.25, 0.3) is 6.43 Å². The Bertz CT molecular complexity index is 585. The minimum absolute atomic E-state index is 0.00935. The van der Waals surface area contributed by atoms with E-state index in [1.54, 1.807) is 0 Å². The van der Waals surface area contributed by atoms with E-state index in [2.05, 4.69) is 9.72 Å². The van der Waals surface area contributed by atoms with Crippen molar-refractivity contribution >= 4 is 17.0 Å². The van der Waals surface area contributed by atoms with Crippen LogP contribution in [-0.2, 0) is 11.3 Å². The lowest BCUT2D eigenvalue weighted by atomic mass is 10.3. The number of rotatable bonds is 5. The molecule has 0 saturated carbocycles. The number of hydrogen-bond donors (Lipinski definition) is 1. The number of imidazole rings is 1. The number of nitrogens with zero attached hydrogens (tertiary/aromatic N) is 2. The Kier molecular flexibility index (Phi) is 3.89. The maximum atomic E-state index is 13.7. The van der Waals surface area contributed by atoms with E-state index in [9.17, 15) is 17.6 Å². The van der Waals surface area contributed by atoms with Gasteiger partial charge in [0.1, 0.15) is 12.1 Å². The maximum Gasteiger partial charge on any atom is 0.261 e. The predicted molar refractivity (Wildman–Crippen MR) is 60.9 cm³/mol. The summed E-state index contributed by atoms with van der Waals surface area (Å²) in [4.78, 5) is 3.86. The molecule has 2 N–H and O–H groups in total. The Morgan fingerprint density at radius 1 is 1.32 bits per heavy atom. The van der Waals surface area contributed by atoms with E-state index < -0.39 is 24.7 Å². The van der Waals surface area contributed by atoms with E-state index in [4.69, 9.17) is 5.73 Å². The van der Waals surface area contributed by atoms with Gasteiger partial charge in [0.15, 0.2) is 11.6 Å². The summed E-state index contributed by atoms with van der Waals surface area (Å²) in [6, 6.07) is 2.24. The van der Waals surface area contributed by atoms with Crippen LogP contribution in [0.3, 0.4) is 0 Å². The molecule has 8 heteroatoms. The predicted octanol–water partition coefficient (Wildman–Crippen LogP) is 2.18. The Labute approximate surface area is 105 Å². The third-order valence-electron chi connectivity index (χ3n) is 2.53. The van der Waals surface area contributed by atoms with E-state index in [1.165, 1.54) is 10.6 Å². The van der Waals surface area contributed by atoms with Crippen LogP contribution in [0.5, 0.6) is 0 Å². The number of nitrogens with two attached hydrogens (primary N) is 1. The highest BCUT2D eigenvalue weighted by molar-refractivity contribution is 5.79. The van der Waals surface area contributed by atoms with Crippen LogP contribution in [0.1, 0.15) is 0 Å². The monoisotopic (exact) mass is 277 g/mol. The smallest absolute Gasteiger partial charge is 0.261 e. The first-order valence-corrected chi connectivity index (χ1v) is 5.46. The molecule has 0 aliphatic rings. The first-order chi connectivity index (χ1) is 9.00. The lowest BCUT2D eigenvalue weighted by molar-refractivity contribution is 0.0151. The number of aromatic nitrogens is 2. The Balaban J connectivity index is 2.22. The van der Waals surface area contributed by atoms with Crippen molar-refractivity contribution in [1.82, 2.24) is 9.55 Å². The molecule has 0 bridgehead atoms. The van der Waals surface area contributed by atoms with Crippen molar-refractivity contribution in [3.05, 3.63) is 23.8 Å². The normalized spacial score (nSPS) is 11.6. The minimum Gasteiger partial charge on any atom is -0.374 e. The van der Waals surface area contributed by atoms with Gasteiger partial charge in [-0.25, -0.2) is 22.5 Å². The fourth-order valence-electron chi connectivity index (χ4n) is 1.73. The molecule has 0 spiro atoms. The van der Waals surface area contributed by atoms with Crippen molar-refractivity contribution in [3.8, 4) is 0 Å². The van der Waals surface area contributed by atoms with Crippen LogP contribution in [0.25, 0.3) is 11.0 Å². The van der Waals surface area contributed by atoms with E-state index in [-0.39, 0.29) is 30.1 Å². The molecule has 0 aliphatic heterocycles. The van der Waals surface area contributed by atoms with Gasteiger partial charge < -0.3 is 15.0 Å². The zero-order chi connectivity index (χ0) is 14.0. The molecule has 0 radical (unpaired) electrons. The highest BCUT2D eigenvalue weighted by Crippen LogP contribution is 2.22. The maximum absolute atomic E-state index is 13.7. The molecule has 2 rings (SSSR count). The van der Waals surface area contributed by atoms with Crippen molar-refractivity contribution < 1.29 is 22.3 Å². The summed E-state index contributed by atoms with van der Waals surface area (Å²) in [5.74, 6) is -2.13. The standard InChI is InChI=1S/C11H11F4N3O/c12-6-1-2-7-10(9(6)15)18(11(16)17-7)3-4-19-5-8(13)14/h1-2,8H,3-5H2,(H2,16,17). The van der Waals surface area contributed by atoms with Gasteiger partial charge in [-0.1, -0.05) is 0 Å². The molecule has 1 aromatic carbocycles. The topological polar surface area (TPSA) is 53.1 Å². The van der Waals surface area contributed by atoms with Crippen LogP contribution in [0, 0.1) is 11.6 Å². The molecular formula is C11H11F4N3O. The number of anilines is 1. The van der Waals surface area contributed by atoms with Gasteiger partial charge in [-0.3, -0.25) is 0 Å². The lowest BCUT2D eigenvalue weighted by Crippen LogP contribution is -2.12. The molecule has 0 fully saturated rings. The van der Waals surface area contributed by atoms with Crippen LogP contribution < -0.4 is 5.73 Å². The molecule has 0 saturated heterocycles. The van der Waals surface area contributed by atoms with Gasteiger partial charge in [-0.05, 0) is 12.1 Å². The second-order valence-electron chi connectivity index (χ2n) is 3.82. The van der Waals surface area contributed by atoms with Crippen LogP contribution in [0.4, 0.5) is 23.5 Å². The number of halogens is 4. The van der Waals surface area contributed by atoms with Crippen LogP contribution in [0.15, 0.2) is 12.1 Å². The zero-order valence-corrected chi connectivity index (χ0v) is 9.75. The average molecular weight is 277 g/mol. The summed E-state index contributed by atoms with van der Waals surface area (Å²) in [6.07, 6.45) is -2.58. The molecule has 1 aromatic heterocycles. The van der Waals surface area contributed by atoms with Crippen molar-refractivity contribution in [3.63, 3.8) is 0 Å². The molecule has 19 heavy (non-hydrogen) atoms. The van der Waals surface area contributed by atoms with Gasteiger partial charge in [0.2, 0.25) is 5.95 Å². The Morgan fingerprint density at radius 2 is 2.05 bits per heavy atom. The summed E-state index contributed by atoms with van der Waals surface area (Å²) in [5, 5.41) is 0. The molecule has 1 heterocycles. The summed E-state index contributed by atoms with van der Waals surface area (Å²) in [5.41, 5.74) is 5.67. The minimum atomic E-state index is -2.58. The second kappa shape index (κ2) is 5.43. The second-order valence-corrected chi connectivity index (χ2v) is 3.82. The molecule has 0 unspecified atom stereocenters. The highest BCUT2D eigenvalue weighted by Gasteiger charge is 2.15. The van der Waals surface area contributed by atoms with E-state index in [1.807, 2.05) is 0 Å². The molecule has 0 amide bonds. The summed E-state index contributed by atoms with van der Waals surface area (Å²) in [7, 11) is 0. The summed E-state index contributed by atoms with van der Waals surface area (Å²) >= 11 is 0. The third-order valence-corrected chi connectivity index (χ3v) is 2.53. The van der Waals surface area contributed by atoms with E-state index in [0.29, 0.717) is 0 Å². The Morgan fingerprint density at radius 3 is 2.74 bits per heavy atom. The van der Waals surface area contributed by atoms with Crippen molar-refractivity contribution in [2.75, 3.05) is 18.9 Å². The van der Waals surface area contributed by atoms with Crippen molar-refractivity contribution in [2.24, 2.45) is 0 Å². The molecule has 104 valence electrons. The van der Waals surface area contributed by atoms with Crippen LogP contribution in [0.2, 0.25) is 0 Å². The first-order valence-electron chi connectivity index (χ1n) is 5.46. The zero-order valence-electron chi connectivity index (χ0n) is 9.75. The van der Waals surface area contributed by atoms with Gasteiger partial charge in [-0.15, -0.1) is 0 Å². The fraction of sp³-hybridized carbons (Fsp3) is 0.364. The number of nitrogen functional groups attached to an aromatic ring is 1. The summed E-state index contributed by atoms with van der Waals surface area (Å²) in [6.45, 7) is -0.811. The van der Waals surface area contributed by atoms with Gasteiger partial charge in [-0.2, -0.15) is 0 Å². The lowest BCUT2D eigenvalue weighted by Gasteiger charge is -2.08. The summed E-state index contributed by atoms with van der Waals surface area (Å²) < 4.78 is 56.4. The third kappa shape index (κ3) is 2.78. The molecule has 2 aromatic rings. The van der Waals surface area contributed by atoms with Gasteiger partial charge in [0, 0.05) is 6.54 Å². The average Bonchev–Trinajstić information content (AvgIpc) is 2.66. The quantitative estimate of drug-likeness (QED) is 0.673. The molecular weight excluding hydrogens is 266 g/mol. The molecule has 0 aliphatic carbocycles. The highest BCUT2D eigenvalue weighted by atomic mass is 19.3. The molecule has 4 nitrogen and oxygen atoms in total. The van der Waals surface area contributed by atoms with Gasteiger partial charge >= 0.3 is 0 Å².